The molecule has 0 amide bonds. The highest BCUT2D eigenvalue weighted by Gasteiger charge is 2.09. The zero-order valence-corrected chi connectivity index (χ0v) is 7.98. The molecule has 0 saturated carbocycles. The molecule has 2 aromatic rings. The third-order valence-electron chi connectivity index (χ3n) is 2.42. The first kappa shape index (κ1) is 8.68. The van der Waals surface area contributed by atoms with Gasteiger partial charge in [-0.05, 0) is 6.07 Å². The van der Waals surface area contributed by atoms with E-state index in [4.69, 9.17) is 5.73 Å². The number of aromatic nitrogens is 2. The number of imidazole rings is 1. The van der Waals surface area contributed by atoms with E-state index in [9.17, 15) is 9.90 Å². The van der Waals surface area contributed by atoms with Crippen LogP contribution in [-0.4, -0.2) is 14.2 Å². The van der Waals surface area contributed by atoms with Crippen molar-refractivity contribution in [1.82, 2.24) is 9.13 Å². The highest BCUT2D eigenvalue weighted by Crippen LogP contribution is 2.25. The number of nitrogens with two attached hydrogens (primary N) is 1. The van der Waals surface area contributed by atoms with Gasteiger partial charge in [-0.25, -0.2) is 4.79 Å². The minimum absolute atomic E-state index is 0.00120. The van der Waals surface area contributed by atoms with Gasteiger partial charge in [0.2, 0.25) is 0 Å². The first-order chi connectivity index (χ1) is 6.52. The second-order valence-electron chi connectivity index (χ2n) is 3.30. The van der Waals surface area contributed by atoms with Crippen molar-refractivity contribution in [3.8, 4) is 5.75 Å². The van der Waals surface area contributed by atoms with Crippen LogP contribution in [0, 0.1) is 0 Å². The molecule has 0 radical (unpaired) electrons. The number of hydrogen-bond donors (Lipinski definition) is 2. The van der Waals surface area contributed by atoms with Crippen LogP contribution in [0.4, 0.5) is 5.69 Å². The van der Waals surface area contributed by atoms with E-state index in [0.717, 1.165) is 0 Å². The van der Waals surface area contributed by atoms with Crippen LogP contribution < -0.4 is 11.4 Å². The molecule has 2 rings (SSSR count). The number of rotatable bonds is 0. The fraction of sp³-hybridized carbons (Fsp3) is 0.222. The van der Waals surface area contributed by atoms with Gasteiger partial charge in [0.05, 0.1) is 16.7 Å². The molecule has 1 heterocycles. The second kappa shape index (κ2) is 2.54. The van der Waals surface area contributed by atoms with Crippen molar-refractivity contribution >= 4 is 16.7 Å². The number of nitrogen functional groups attached to an aromatic ring is 1. The summed E-state index contributed by atoms with van der Waals surface area (Å²) in [6.07, 6.45) is 0. The Morgan fingerprint density at radius 1 is 1.21 bits per heavy atom. The molecule has 0 fully saturated rings. The average Bonchev–Trinajstić information content (AvgIpc) is 2.34. The van der Waals surface area contributed by atoms with Crippen molar-refractivity contribution < 1.29 is 5.11 Å². The fourth-order valence-corrected chi connectivity index (χ4v) is 1.55. The molecule has 0 aliphatic carbocycles. The summed E-state index contributed by atoms with van der Waals surface area (Å²) in [5.41, 5.74) is 7.07. The van der Waals surface area contributed by atoms with Gasteiger partial charge in [-0.1, -0.05) is 0 Å². The van der Waals surface area contributed by atoms with E-state index in [1.165, 1.54) is 15.2 Å². The monoisotopic (exact) mass is 193 g/mol. The van der Waals surface area contributed by atoms with Gasteiger partial charge < -0.3 is 10.8 Å². The maximum atomic E-state index is 11.5. The second-order valence-corrected chi connectivity index (χ2v) is 3.30. The maximum absolute atomic E-state index is 11.5. The number of phenolic OH excluding ortho intramolecular Hbond substituents is 1. The number of anilines is 1. The Hall–Kier alpha value is -1.91. The van der Waals surface area contributed by atoms with Gasteiger partial charge in [0.25, 0.3) is 0 Å². The molecule has 0 aliphatic rings. The molecule has 74 valence electrons. The highest BCUT2D eigenvalue weighted by atomic mass is 16.3. The lowest BCUT2D eigenvalue weighted by Crippen LogP contribution is -2.19. The Kier molecular flexibility index (Phi) is 1.57. The molecule has 0 spiro atoms. The summed E-state index contributed by atoms with van der Waals surface area (Å²) in [7, 11) is 3.32. The van der Waals surface area contributed by atoms with Gasteiger partial charge in [0.1, 0.15) is 5.75 Å². The summed E-state index contributed by atoms with van der Waals surface area (Å²) in [6, 6.07) is 3.08. The topological polar surface area (TPSA) is 73.2 Å². The Bertz CT molecular complexity index is 517. The van der Waals surface area contributed by atoms with Gasteiger partial charge >= 0.3 is 5.69 Å². The molecule has 5 nitrogen and oxygen atoms in total. The maximum Gasteiger partial charge on any atom is 0.328 e. The van der Waals surface area contributed by atoms with Crippen molar-refractivity contribution in [3.63, 3.8) is 0 Å². The van der Waals surface area contributed by atoms with E-state index < -0.39 is 0 Å². The molecular weight excluding hydrogens is 182 g/mol. The Morgan fingerprint density at radius 2 is 1.71 bits per heavy atom. The number of nitrogens with zero attached hydrogens (tertiary/aromatic N) is 2. The van der Waals surface area contributed by atoms with E-state index >= 15 is 0 Å². The molecule has 1 aromatic carbocycles. The zero-order valence-electron chi connectivity index (χ0n) is 7.98. The van der Waals surface area contributed by atoms with E-state index in [1.54, 1.807) is 20.2 Å². The van der Waals surface area contributed by atoms with E-state index in [-0.39, 0.29) is 17.1 Å². The molecule has 5 heteroatoms. The minimum atomic E-state index is -0.134. The van der Waals surface area contributed by atoms with Crippen molar-refractivity contribution in [2.75, 3.05) is 5.73 Å². The van der Waals surface area contributed by atoms with Crippen molar-refractivity contribution in [2.45, 2.75) is 0 Å². The Labute approximate surface area is 80.0 Å². The molecule has 0 bridgehead atoms. The number of benzene rings is 1. The van der Waals surface area contributed by atoms with Gasteiger partial charge in [0.15, 0.2) is 0 Å². The molecule has 0 unspecified atom stereocenters. The molecule has 0 aliphatic heterocycles. The normalized spacial score (nSPS) is 11.0. The lowest BCUT2D eigenvalue weighted by atomic mass is 10.2. The third kappa shape index (κ3) is 0.921. The predicted octanol–water partition coefficient (Wildman–Crippen LogP) is 0.165. The minimum Gasteiger partial charge on any atom is -0.506 e. The highest BCUT2D eigenvalue weighted by molar-refractivity contribution is 5.83. The van der Waals surface area contributed by atoms with Crippen LogP contribution >= 0.6 is 0 Å². The molecule has 14 heavy (non-hydrogen) atoms. The predicted molar refractivity (Wildman–Crippen MR) is 54.2 cm³/mol. The van der Waals surface area contributed by atoms with E-state index in [0.29, 0.717) is 11.0 Å². The molecule has 0 atom stereocenters. The van der Waals surface area contributed by atoms with Crippen LogP contribution in [0.15, 0.2) is 16.9 Å². The van der Waals surface area contributed by atoms with Gasteiger partial charge in [0, 0.05) is 20.2 Å². The summed E-state index contributed by atoms with van der Waals surface area (Å²) in [5.74, 6) is -0.00120. The van der Waals surface area contributed by atoms with E-state index in [2.05, 4.69) is 0 Å². The van der Waals surface area contributed by atoms with Crippen molar-refractivity contribution in [3.05, 3.63) is 22.6 Å². The van der Waals surface area contributed by atoms with Gasteiger partial charge in [-0.2, -0.15) is 0 Å². The first-order valence-corrected chi connectivity index (χ1v) is 4.16. The summed E-state index contributed by atoms with van der Waals surface area (Å²) in [4.78, 5) is 11.5. The number of hydrogen-bond acceptors (Lipinski definition) is 3. The lowest BCUT2D eigenvalue weighted by Gasteiger charge is -2.00. The number of aryl methyl sites for hydroxylation is 2. The van der Waals surface area contributed by atoms with Gasteiger partial charge in [-0.15, -0.1) is 0 Å². The molecular formula is C9H11N3O2. The van der Waals surface area contributed by atoms with E-state index in [1.807, 2.05) is 0 Å². The van der Waals surface area contributed by atoms with Crippen LogP contribution in [0.5, 0.6) is 5.75 Å². The largest absolute Gasteiger partial charge is 0.506 e. The van der Waals surface area contributed by atoms with Crippen LogP contribution in [0.25, 0.3) is 11.0 Å². The Morgan fingerprint density at radius 3 is 2.29 bits per heavy atom. The summed E-state index contributed by atoms with van der Waals surface area (Å²) in [5, 5.41) is 9.39. The first-order valence-electron chi connectivity index (χ1n) is 4.16. The number of phenols is 1. The average molecular weight is 193 g/mol. The van der Waals surface area contributed by atoms with Crippen LogP contribution in [0.1, 0.15) is 0 Å². The van der Waals surface area contributed by atoms with Crippen LogP contribution in [0.3, 0.4) is 0 Å². The summed E-state index contributed by atoms with van der Waals surface area (Å²) >= 11 is 0. The summed E-state index contributed by atoms with van der Waals surface area (Å²) in [6.45, 7) is 0. The van der Waals surface area contributed by atoms with Crippen molar-refractivity contribution in [1.29, 1.82) is 0 Å². The Balaban J connectivity index is 3.04. The third-order valence-corrected chi connectivity index (χ3v) is 2.42. The fourth-order valence-electron chi connectivity index (χ4n) is 1.55. The molecule has 3 N–H and O–H groups in total. The lowest BCUT2D eigenvalue weighted by molar-refractivity contribution is 0.478. The molecule has 1 aromatic heterocycles. The quantitative estimate of drug-likeness (QED) is 0.462. The smallest absolute Gasteiger partial charge is 0.328 e. The molecule has 0 saturated heterocycles. The SMILES string of the molecule is Cn1c(=O)n(C)c2cc(O)c(N)cc21. The standard InChI is InChI=1S/C9H11N3O2/c1-11-6-3-5(10)8(13)4-7(6)12(2)9(11)14/h3-4,13H,10H2,1-2H3. The number of aromatic hydroxyl groups is 1. The number of fused-ring (bicyclic) bond motifs is 1. The van der Waals surface area contributed by atoms with Crippen LogP contribution in [-0.2, 0) is 14.1 Å². The summed E-state index contributed by atoms with van der Waals surface area (Å²) < 4.78 is 2.96. The van der Waals surface area contributed by atoms with Crippen molar-refractivity contribution in [2.24, 2.45) is 14.1 Å². The van der Waals surface area contributed by atoms with Gasteiger partial charge in [-0.3, -0.25) is 9.13 Å². The van der Waals surface area contributed by atoms with Crippen LogP contribution in [0.2, 0.25) is 0 Å². The zero-order chi connectivity index (χ0) is 10.5.